The molecule has 3 atom stereocenters. The van der Waals surface area contributed by atoms with Gasteiger partial charge in [0.15, 0.2) is 5.65 Å². The lowest BCUT2D eigenvalue weighted by atomic mass is 9.83. The maximum Gasteiger partial charge on any atom is 0.226 e. The third kappa shape index (κ3) is 5.63. The van der Waals surface area contributed by atoms with E-state index < -0.39 is 0 Å². The Kier molecular flexibility index (Phi) is 8.81. The SMILES string of the molecule is CCCC(c1nc(N2CCOC[C@@H]2C)c2ccc(-c3ccc(OC)c(CO)c3)nc2n1)[C@@H]1CCCCN(C)C1=O. The number of amides is 1. The van der Waals surface area contributed by atoms with Gasteiger partial charge in [-0.25, -0.2) is 15.0 Å². The minimum absolute atomic E-state index is 0.0787. The third-order valence-corrected chi connectivity index (χ3v) is 8.31. The highest BCUT2D eigenvalue weighted by molar-refractivity contribution is 5.89. The number of hydrogen-bond acceptors (Lipinski definition) is 8. The van der Waals surface area contributed by atoms with Crippen molar-refractivity contribution in [2.24, 2.45) is 5.92 Å². The number of hydrogen-bond donors (Lipinski definition) is 1. The van der Waals surface area contributed by atoms with Gasteiger partial charge in [0.1, 0.15) is 17.4 Å². The van der Waals surface area contributed by atoms with Gasteiger partial charge in [-0.05, 0) is 56.5 Å². The van der Waals surface area contributed by atoms with E-state index in [1.807, 2.05) is 42.3 Å². The largest absolute Gasteiger partial charge is 0.496 e. The number of aliphatic hydroxyl groups is 1. The van der Waals surface area contributed by atoms with Gasteiger partial charge in [0, 0.05) is 43.1 Å². The molecule has 0 saturated carbocycles. The number of ether oxygens (including phenoxy) is 2. The van der Waals surface area contributed by atoms with Crippen LogP contribution < -0.4 is 9.64 Å². The number of methoxy groups -OCH3 is 1. The van der Waals surface area contributed by atoms with E-state index in [4.69, 9.17) is 24.4 Å². The van der Waals surface area contributed by atoms with Gasteiger partial charge in [0.05, 0.1) is 44.1 Å². The molecule has 2 fully saturated rings. The van der Waals surface area contributed by atoms with Gasteiger partial charge in [-0.2, -0.15) is 0 Å². The highest BCUT2D eigenvalue weighted by atomic mass is 16.5. The van der Waals surface area contributed by atoms with E-state index >= 15 is 0 Å². The van der Waals surface area contributed by atoms with E-state index in [1.165, 1.54) is 0 Å². The number of pyridine rings is 1. The minimum Gasteiger partial charge on any atom is -0.496 e. The topological polar surface area (TPSA) is 101 Å². The Hall–Kier alpha value is -3.30. The number of likely N-dealkylation sites (tertiary alicyclic amines) is 1. The van der Waals surface area contributed by atoms with Gasteiger partial charge in [-0.1, -0.05) is 19.8 Å². The second kappa shape index (κ2) is 12.5. The molecule has 1 aromatic carbocycles. The molecular weight excluding hydrogens is 506 g/mol. The lowest BCUT2D eigenvalue weighted by Gasteiger charge is -2.35. The maximum absolute atomic E-state index is 13.5. The van der Waals surface area contributed by atoms with Crippen LogP contribution >= 0.6 is 0 Å². The quantitative estimate of drug-likeness (QED) is 0.438. The summed E-state index contributed by atoms with van der Waals surface area (Å²) in [7, 11) is 3.51. The number of aliphatic hydroxyl groups excluding tert-OH is 1. The number of nitrogens with zero attached hydrogens (tertiary/aromatic N) is 5. The van der Waals surface area contributed by atoms with Crippen molar-refractivity contribution in [2.45, 2.75) is 64.5 Å². The Morgan fingerprint density at radius 1 is 1.15 bits per heavy atom. The van der Waals surface area contributed by atoms with Crippen LogP contribution in [0.5, 0.6) is 5.75 Å². The van der Waals surface area contributed by atoms with E-state index in [2.05, 4.69) is 18.7 Å². The highest BCUT2D eigenvalue weighted by Crippen LogP contribution is 2.37. The standard InChI is InChI=1S/C31H41N5O4/c1-5-8-23(24-9-6-7-14-35(3)31(24)38)28-33-29-25(30(34-28)36-15-16-40-19-20(36)2)11-12-26(32-29)21-10-13-27(39-4)22(17-21)18-37/h10-13,17,20,23-24,37H,5-9,14-16,18-19H2,1-4H3/t20-,23?,24-/m0/s1. The first-order valence-corrected chi connectivity index (χ1v) is 14.5. The molecule has 0 aliphatic carbocycles. The highest BCUT2D eigenvalue weighted by Gasteiger charge is 2.35. The smallest absolute Gasteiger partial charge is 0.226 e. The Labute approximate surface area is 236 Å². The number of fused-ring (bicyclic) bond motifs is 1. The van der Waals surface area contributed by atoms with E-state index in [0.717, 1.165) is 67.7 Å². The molecule has 3 aromatic rings. The summed E-state index contributed by atoms with van der Waals surface area (Å²) in [5.41, 5.74) is 2.95. The molecule has 2 aromatic heterocycles. The molecule has 0 spiro atoms. The van der Waals surface area contributed by atoms with Gasteiger partial charge >= 0.3 is 0 Å². The first-order valence-electron chi connectivity index (χ1n) is 14.5. The zero-order chi connectivity index (χ0) is 28.2. The summed E-state index contributed by atoms with van der Waals surface area (Å²) in [5.74, 6) is 2.17. The van der Waals surface area contributed by atoms with Crippen LogP contribution in [0.4, 0.5) is 5.82 Å². The van der Waals surface area contributed by atoms with E-state index in [1.54, 1.807) is 7.11 Å². The van der Waals surface area contributed by atoms with Crippen molar-refractivity contribution in [3.05, 3.63) is 41.7 Å². The summed E-state index contributed by atoms with van der Waals surface area (Å²) in [5, 5.41) is 10.7. The molecule has 2 aliphatic rings. The summed E-state index contributed by atoms with van der Waals surface area (Å²) in [6.07, 6.45) is 4.67. The van der Waals surface area contributed by atoms with Gasteiger partial charge in [0.25, 0.3) is 0 Å². The zero-order valence-electron chi connectivity index (χ0n) is 24.1. The van der Waals surface area contributed by atoms with Crippen LogP contribution in [0.25, 0.3) is 22.3 Å². The first-order chi connectivity index (χ1) is 19.4. The Balaban J connectivity index is 1.66. The fourth-order valence-corrected chi connectivity index (χ4v) is 6.08. The summed E-state index contributed by atoms with van der Waals surface area (Å²) in [4.78, 5) is 33.0. The fraction of sp³-hybridized carbons (Fsp3) is 0.548. The Morgan fingerprint density at radius 3 is 2.75 bits per heavy atom. The molecule has 0 radical (unpaired) electrons. The van der Waals surface area contributed by atoms with Crippen molar-refractivity contribution >= 4 is 22.8 Å². The normalized spacial score (nSPS) is 21.0. The molecule has 1 N–H and O–H groups in total. The van der Waals surface area contributed by atoms with Crippen LogP contribution in [0, 0.1) is 5.92 Å². The van der Waals surface area contributed by atoms with Crippen LogP contribution in [0.2, 0.25) is 0 Å². The molecule has 9 nitrogen and oxygen atoms in total. The Morgan fingerprint density at radius 2 is 2.00 bits per heavy atom. The lowest BCUT2D eigenvalue weighted by Crippen LogP contribution is -2.44. The van der Waals surface area contributed by atoms with Crippen LogP contribution in [0.1, 0.15) is 63.3 Å². The molecule has 9 heteroatoms. The van der Waals surface area contributed by atoms with Crippen molar-refractivity contribution in [2.75, 3.05) is 45.4 Å². The summed E-state index contributed by atoms with van der Waals surface area (Å²) in [6.45, 7) is 6.97. The van der Waals surface area contributed by atoms with Gasteiger partial charge < -0.3 is 24.4 Å². The molecule has 0 bridgehead atoms. The summed E-state index contributed by atoms with van der Waals surface area (Å²) < 4.78 is 11.1. The molecular formula is C31H41N5O4. The van der Waals surface area contributed by atoms with Gasteiger partial charge in [0.2, 0.25) is 5.91 Å². The second-order valence-corrected chi connectivity index (χ2v) is 11.0. The lowest BCUT2D eigenvalue weighted by molar-refractivity contribution is -0.134. The van der Waals surface area contributed by atoms with Crippen LogP contribution in [0.3, 0.4) is 0 Å². The minimum atomic E-state index is -0.142. The molecule has 4 heterocycles. The number of anilines is 1. The molecule has 2 saturated heterocycles. The van der Waals surface area contributed by atoms with E-state index in [-0.39, 0.29) is 30.4 Å². The van der Waals surface area contributed by atoms with Gasteiger partial charge in [-0.3, -0.25) is 4.79 Å². The van der Waals surface area contributed by atoms with Crippen molar-refractivity contribution in [1.29, 1.82) is 0 Å². The van der Waals surface area contributed by atoms with Crippen molar-refractivity contribution in [3.8, 4) is 17.0 Å². The van der Waals surface area contributed by atoms with Gasteiger partial charge in [-0.15, -0.1) is 0 Å². The van der Waals surface area contributed by atoms with Crippen molar-refractivity contribution in [3.63, 3.8) is 0 Å². The predicted molar refractivity (Wildman–Crippen MR) is 155 cm³/mol. The van der Waals surface area contributed by atoms with Crippen LogP contribution in [0.15, 0.2) is 30.3 Å². The molecule has 214 valence electrons. The first kappa shape index (κ1) is 28.2. The van der Waals surface area contributed by atoms with E-state index in [0.29, 0.717) is 36.0 Å². The van der Waals surface area contributed by atoms with Crippen molar-refractivity contribution < 1.29 is 19.4 Å². The molecule has 40 heavy (non-hydrogen) atoms. The second-order valence-electron chi connectivity index (χ2n) is 11.0. The maximum atomic E-state index is 13.5. The zero-order valence-corrected chi connectivity index (χ0v) is 24.1. The number of aromatic nitrogens is 3. The molecule has 5 rings (SSSR count). The predicted octanol–water partition coefficient (Wildman–Crippen LogP) is 4.56. The van der Waals surface area contributed by atoms with Crippen LogP contribution in [-0.4, -0.2) is 77.4 Å². The summed E-state index contributed by atoms with van der Waals surface area (Å²) >= 11 is 0. The molecule has 2 aliphatic heterocycles. The average molecular weight is 548 g/mol. The third-order valence-electron chi connectivity index (χ3n) is 8.31. The number of carbonyl (C=O) groups is 1. The van der Waals surface area contributed by atoms with Crippen molar-refractivity contribution in [1.82, 2.24) is 19.9 Å². The molecule has 1 amide bonds. The number of morpholine rings is 1. The average Bonchev–Trinajstić information content (AvgIpc) is 3.15. The molecule has 1 unspecified atom stereocenters. The van der Waals surface area contributed by atoms with E-state index in [9.17, 15) is 9.90 Å². The van der Waals surface area contributed by atoms with Crippen LogP contribution in [-0.2, 0) is 16.1 Å². The number of benzene rings is 1. The summed E-state index contributed by atoms with van der Waals surface area (Å²) in [6, 6.07) is 9.88. The fourth-order valence-electron chi connectivity index (χ4n) is 6.08. The number of carbonyl (C=O) groups excluding carboxylic acids is 1. The monoisotopic (exact) mass is 547 g/mol. The Bertz CT molecular complexity index is 1350. The number of rotatable bonds is 8.